The Bertz CT molecular complexity index is 266. The third-order valence-corrected chi connectivity index (χ3v) is 2.52. The van der Waals surface area contributed by atoms with Gasteiger partial charge in [-0.2, -0.15) is 0 Å². The average molecular weight is 225 g/mol. The van der Waals surface area contributed by atoms with Crippen LogP contribution in [-0.2, 0) is 14.3 Å². The molecule has 0 aromatic carbocycles. The highest BCUT2D eigenvalue weighted by molar-refractivity contribution is 5.79. The van der Waals surface area contributed by atoms with E-state index in [0.717, 1.165) is 0 Å². The van der Waals surface area contributed by atoms with Gasteiger partial charge in [-0.15, -0.1) is 12.3 Å². The lowest BCUT2D eigenvalue weighted by Gasteiger charge is -2.23. The molecule has 0 aromatic rings. The van der Waals surface area contributed by atoms with Gasteiger partial charge in [-0.1, -0.05) is 0 Å². The van der Waals surface area contributed by atoms with Crippen LogP contribution in [0.15, 0.2) is 0 Å². The van der Waals surface area contributed by atoms with Crippen LogP contribution in [0, 0.1) is 18.3 Å². The number of carbonyl (C=O) groups is 1. The van der Waals surface area contributed by atoms with E-state index < -0.39 is 0 Å². The normalized spacial score (nSPS) is 20.5. The largest absolute Gasteiger partial charge is 0.351 e. The smallest absolute Gasteiger partial charge is 0.224 e. The molecule has 1 amide bonds. The lowest BCUT2D eigenvalue weighted by Crippen LogP contribution is -2.36. The van der Waals surface area contributed by atoms with E-state index in [-0.39, 0.29) is 18.1 Å². The first-order valence-corrected chi connectivity index (χ1v) is 5.68. The van der Waals surface area contributed by atoms with Crippen molar-refractivity contribution in [1.82, 2.24) is 4.90 Å². The van der Waals surface area contributed by atoms with Crippen LogP contribution in [0.1, 0.15) is 20.3 Å². The first-order valence-electron chi connectivity index (χ1n) is 5.68. The van der Waals surface area contributed by atoms with Gasteiger partial charge in [0.15, 0.2) is 6.29 Å². The van der Waals surface area contributed by atoms with Crippen LogP contribution >= 0.6 is 0 Å². The molecule has 0 saturated carbocycles. The fourth-order valence-electron chi connectivity index (χ4n) is 1.77. The molecule has 4 nitrogen and oxygen atoms in total. The summed E-state index contributed by atoms with van der Waals surface area (Å²) in [5.41, 5.74) is 0. The minimum absolute atomic E-state index is 0.0383. The van der Waals surface area contributed by atoms with Crippen molar-refractivity contribution in [2.45, 2.75) is 26.6 Å². The zero-order valence-electron chi connectivity index (χ0n) is 9.94. The summed E-state index contributed by atoms with van der Waals surface area (Å²) in [4.78, 5) is 13.3. The highest BCUT2D eigenvalue weighted by atomic mass is 16.7. The van der Waals surface area contributed by atoms with Crippen LogP contribution in [0.5, 0.6) is 0 Å². The zero-order chi connectivity index (χ0) is 12.0. The van der Waals surface area contributed by atoms with Crippen LogP contribution in [0.2, 0.25) is 0 Å². The molecule has 0 radical (unpaired) electrons. The molecule has 1 aliphatic heterocycles. The predicted octanol–water partition coefficient (Wildman–Crippen LogP) is 0.867. The molecule has 16 heavy (non-hydrogen) atoms. The summed E-state index contributed by atoms with van der Waals surface area (Å²) in [6, 6.07) is 0. The molecule has 0 spiro atoms. The Labute approximate surface area is 96.9 Å². The number of hydrogen-bond acceptors (Lipinski definition) is 3. The van der Waals surface area contributed by atoms with Gasteiger partial charge in [-0.3, -0.25) is 4.79 Å². The van der Waals surface area contributed by atoms with Gasteiger partial charge >= 0.3 is 0 Å². The fourth-order valence-corrected chi connectivity index (χ4v) is 1.77. The highest BCUT2D eigenvalue weighted by Crippen LogP contribution is 2.17. The SMILES string of the molecule is C#CC1CC(=O)N(CC(OCC)OCC)C1. The van der Waals surface area contributed by atoms with E-state index in [1.165, 1.54) is 0 Å². The molecular formula is C12H19NO3. The molecule has 1 unspecified atom stereocenters. The predicted molar refractivity (Wildman–Crippen MR) is 60.6 cm³/mol. The van der Waals surface area contributed by atoms with Gasteiger partial charge in [0.1, 0.15) is 0 Å². The molecule has 1 saturated heterocycles. The summed E-state index contributed by atoms with van der Waals surface area (Å²) >= 11 is 0. The van der Waals surface area contributed by atoms with E-state index >= 15 is 0 Å². The Kier molecular flexibility index (Phi) is 5.30. The molecule has 1 fully saturated rings. The molecule has 0 aromatic heterocycles. The first-order chi connectivity index (χ1) is 7.71. The lowest BCUT2D eigenvalue weighted by molar-refractivity contribution is -0.155. The van der Waals surface area contributed by atoms with E-state index in [1.54, 1.807) is 4.90 Å². The van der Waals surface area contributed by atoms with Gasteiger partial charge in [0.2, 0.25) is 5.91 Å². The second-order valence-corrected chi connectivity index (χ2v) is 3.71. The van der Waals surface area contributed by atoms with Crippen molar-refractivity contribution in [3.63, 3.8) is 0 Å². The Morgan fingerprint density at radius 3 is 2.56 bits per heavy atom. The van der Waals surface area contributed by atoms with Crippen LogP contribution in [0.3, 0.4) is 0 Å². The summed E-state index contributed by atoms with van der Waals surface area (Å²) in [6.45, 7) is 6.05. The first kappa shape index (κ1) is 13.0. The maximum Gasteiger partial charge on any atom is 0.224 e. The second-order valence-electron chi connectivity index (χ2n) is 3.71. The molecule has 1 rings (SSSR count). The molecule has 1 heterocycles. The maximum atomic E-state index is 11.6. The van der Waals surface area contributed by atoms with E-state index in [0.29, 0.717) is 32.7 Å². The van der Waals surface area contributed by atoms with Crippen LogP contribution in [-0.4, -0.2) is 43.4 Å². The number of likely N-dealkylation sites (tertiary alicyclic amines) is 1. The second kappa shape index (κ2) is 6.51. The van der Waals surface area contributed by atoms with Crippen molar-refractivity contribution in [3.05, 3.63) is 0 Å². The zero-order valence-corrected chi connectivity index (χ0v) is 9.94. The van der Waals surface area contributed by atoms with Gasteiger partial charge in [0.25, 0.3) is 0 Å². The summed E-state index contributed by atoms with van der Waals surface area (Å²) in [7, 11) is 0. The molecule has 1 atom stereocenters. The molecule has 0 bridgehead atoms. The van der Waals surface area contributed by atoms with E-state index in [9.17, 15) is 4.79 Å². The Morgan fingerprint density at radius 2 is 2.12 bits per heavy atom. The Hall–Kier alpha value is -1.05. The van der Waals surface area contributed by atoms with Crippen molar-refractivity contribution in [3.8, 4) is 12.3 Å². The van der Waals surface area contributed by atoms with Crippen molar-refractivity contribution < 1.29 is 14.3 Å². The van der Waals surface area contributed by atoms with Gasteiger partial charge in [-0.05, 0) is 13.8 Å². The van der Waals surface area contributed by atoms with Gasteiger partial charge in [0, 0.05) is 32.1 Å². The van der Waals surface area contributed by atoms with E-state index in [2.05, 4.69) is 5.92 Å². The van der Waals surface area contributed by atoms with Crippen molar-refractivity contribution in [2.75, 3.05) is 26.3 Å². The molecule has 90 valence electrons. The highest BCUT2D eigenvalue weighted by Gasteiger charge is 2.30. The monoisotopic (exact) mass is 225 g/mol. The number of terminal acetylenes is 1. The number of rotatable bonds is 6. The number of nitrogens with zero attached hydrogens (tertiary/aromatic N) is 1. The molecular weight excluding hydrogens is 206 g/mol. The van der Waals surface area contributed by atoms with E-state index in [4.69, 9.17) is 15.9 Å². The number of ether oxygens (including phenoxy) is 2. The third kappa shape index (κ3) is 3.51. The standard InChI is InChI=1S/C12H19NO3/c1-4-10-7-11(14)13(8-10)9-12(15-5-2)16-6-3/h1,10,12H,5-9H2,2-3H3. The van der Waals surface area contributed by atoms with Crippen LogP contribution < -0.4 is 0 Å². The topological polar surface area (TPSA) is 38.8 Å². The van der Waals surface area contributed by atoms with E-state index in [1.807, 2.05) is 13.8 Å². The van der Waals surface area contributed by atoms with Crippen LogP contribution in [0.4, 0.5) is 0 Å². The summed E-state index contributed by atoms with van der Waals surface area (Å²) in [5.74, 6) is 2.75. The van der Waals surface area contributed by atoms with Crippen molar-refractivity contribution in [1.29, 1.82) is 0 Å². The maximum absolute atomic E-state index is 11.6. The molecule has 1 aliphatic rings. The quantitative estimate of drug-likeness (QED) is 0.497. The number of amides is 1. The minimum atomic E-state index is -0.338. The summed E-state index contributed by atoms with van der Waals surface area (Å²) < 4.78 is 10.8. The summed E-state index contributed by atoms with van der Waals surface area (Å²) in [6.07, 6.45) is 5.42. The summed E-state index contributed by atoms with van der Waals surface area (Å²) in [5, 5.41) is 0. The fraction of sp³-hybridized carbons (Fsp3) is 0.750. The number of carbonyl (C=O) groups excluding carboxylic acids is 1. The van der Waals surface area contributed by atoms with Gasteiger partial charge in [-0.25, -0.2) is 0 Å². The van der Waals surface area contributed by atoms with Crippen LogP contribution in [0.25, 0.3) is 0 Å². The number of hydrogen-bond donors (Lipinski definition) is 0. The van der Waals surface area contributed by atoms with Crippen molar-refractivity contribution in [2.24, 2.45) is 5.92 Å². The molecule has 4 heteroatoms. The lowest BCUT2D eigenvalue weighted by atomic mass is 10.1. The van der Waals surface area contributed by atoms with Crippen molar-refractivity contribution >= 4 is 5.91 Å². The molecule has 0 N–H and O–H groups in total. The minimum Gasteiger partial charge on any atom is -0.351 e. The van der Waals surface area contributed by atoms with Gasteiger partial charge < -0.3 is 14.4 Å². The Balaban J connectivity index is 2.45. The third-order valence-electron chi connectivity index (χ3n) is 2.52. The Morgan fingerprint density at radius 1 is 1.50 bits per heavy atom. The van der Waals surface area contributed by atoms with Gasteiger partial charge in [0.05, 0.1) is 6.54 Å². The average Bonchev–Trinajstić information content (AvgIpc) is 2.60. The molecule has 0 aliphatic carbocycles.